The summed E-state index contributed by atoms with van der Waals surface area (Å²) < 4.78 is 12.8. The van der Waals surface area contributed by atoms with E-state index in [4.69, 9.17) is 38.4 Å². The molecule has 5 nitrogen and oxygen atoms in total. The van der Waals surface area contributed by atoms with Gasteiger partial charge in [-0.05, 0) is 37.3 Å². The molecule has 2 N–H and O–H groups in total. The van der Waals surface area contributed by atoms with Gasteiger partial charge in [0, 0.05) is 28.3 Å². The highest BCUT2D eigenvalue weighted by Crippen LogP contribution is 2.34. The molecule has 3 rings (SSSR count). The fraction of sp³-hybridized carbons (Fsp3) is 0.250. The van der Waals surface area contributed by atoms with Crippen molar-refractivity contribution in [2.75, 3.05) is 14.2 Å². The summed E-state index contributed by atoms with van der Waals surface area (Å²) in [6.07, 6.45) is 1.77. The van der Waals surface area contributed by atoms with E-state index in [2.05, 4.69) is 4.98 Å². The number of hydrogen-bond acceptors (Lipinski definition) is 4. The Morgan fingerprint density at radius 1 is 1.11 bits per heavy atom. The minimum Gasteiger partial charge on any atom is -0.497 e. The van der Waals surface area contributed by atoms with Crippen molar-refractivity contribution >= 4 is 23.2 Å². The minimum absolute atomic E-state index is 0.238. The summed E-state index contributed by atoms with van der Waals surface area (Å²) in [6.45, 7) is 2.48. The molecule has 1 aromatic heterocycles. The second kappa shape index (κ2) is 8.21. The molecule has 0 radical (unpaired) electrons. The third-order valence-electron chi connectivity index (χ3n) is 4.33. The number of ether oxygens (including phenoxy) is 2. The molecule has 142 valence electrons. The molecule has 0 aliphatic heterocycles. The number of nitrogens with two attached hydrogens (primary N) is 1. The Labute approximate surface area is 168 Å². The summed E-state index contributed by atoms with van der Waals surface area (Å²) in [6, 6.07) is 10.8. The monoisotopic (exact) mass is 405 g/mol. The minimum atomic E-state index is -0.238. The van der Waals surface area contributed by atoms with E-state index in [0.717, 1.165) is 34.0 Å². The van der Waals surface area contributed by atoms with Crippen LogP contribution in [0.3, 0.4) is 0 Å². The van der Waals surface area contributed by atoms with Crippen LogP contribution in [0.15, 0.2) is 42.7 Å². The van der Waals surface area contributed by atoms with Crippen LogP contribution in [0.1, 0.15) is 24.2 Å². The molecular weight excluding hydrogens is 385 g/mol. The van der Waals surface area contributed by atoms with Crippen LogP contribution >= 0.6 is 23.2 Å². The Morgan fingerprint density at radius 3 is 2.52 bits per heavy atom. The van der Waals surface area contributed by atoms with Gasteiger partial charge in [0.2, 0.25) is 0 Å². The van der Waals surface area contributed by atoms with Gasteiger partial charge in [0.1, 0.15) is 11.5 Å². The average molecular weight is 406 g/mol. The van der Waals surface area contributed by atoms with Crippen LogP contribution in [0, 0.1) is 0 Å². The van der Waals surface area contributed by atoms with Crippen molar-refractivity contribution in [3.63, 3.8) is 0 Å². The maximum absolute atomic E-state index is 6.38. The molecule has 3 aromatic rings. The van der Waals surface area contributed by atoms with E-state index in [-0.39, 0.29) is 6.04 Å². The molecule has 1 atom stereocenters. The highest BCUT2D eigenvalue weighted by molar-refractivity contribution is 6.36. The molecule has 1 unspecified atom stereocenters. The summed E-state index contributed by atoms with van der Waals surface area (Å²) in [7, 11) is 3.26. The van der Waals surface area contributed by atoms with E-state index < -0.39 is 0 Å². The molecule has 0 saturated heterocycles. The van der Waals surface area contributed by atoms with Crippen molar-refractivity contribution in [3.8, 4) is 22.8 Å². The van der Waals surface area contributed by atoms with Gasteiger partial charge in [0.05, 0.1) is 43.5 Å². The summed E-state index contributed by atoms with van der Waals surface area (Å²) in [5, 5.41) is 1.12. The Balaban J connectivity index is 2.04. The molecule has 0 aliphatic rings. The number of imidazole rings is 1. The number of rotatable bonds is 6. The first kappa shape index (κ1) is 19.5. The van der Waals surface area contributed by atoms with Crippen molar-refractivity contribution < 1.29 is 9.47 Å². The summed E-state index contributed by atoms with van der Waals surface area (Å²) >= 11 is 12.4. The van der Waals surface area contributed by atoms with Gasteiger partial charge in [0.15, 0.2) is 0 Å². The maximum atomic E-state index is 6.38. The summed E-state index contributed by atoms with van der Waals surface area (Å²) in [5.41, 5.74) is 9.69. The molecule has 27 heavy (non-hydrogen) atoms. The second-order valence-corrected chi connectivity index (χ2v) is 7.04. The third kappa shape index (κ3) is 4.05. The fourth-order valence-corrected chi connectivity index (χ4v) is 3.55. The second-order valence-electron chi connectivity index (χ2n) is 6.20. The van der Waals surface area contributed by atoms with Gasteiger partial charge >= 0.3 is 0 Å². The molecule has 1 heterocycles. The standard InChI is InChI=1S/C20H21Cl2N3O2/c1-12(23)20-19(16-7-5-14(21)8-17(16)22)24-11-25(20)10-13-4-6-15(26-2)9-18(13)27-3/h4-9,11-12H,10,23H2,1-3H3. The Bertz CT molecular complexity index is 954. The first-order chi connectivity index (χ1) is 12.9. The number of methoxy groups -OCH3 is 2. The maximum Gasteiger partial charge on any atom is 0.127 e. The topological polar surface area (TPSA) is 62.3 Å². The Morgan fingerprint density at radius 2 is 1.89 bits per heavy atom. The molecule has 0 bridgehead atoms. The Kier molecular flexibility index (Phi) is 5.95. The average Bonchev–Trinajstić information content (AvgIpc) is 3.05. The van der Waals surface area contributed by atoms with Gasteiger partial charge in [0.25, 0.3) is 0 Å². The number of benzene rings is 2. The largest absolute Gasteiger partial charge is 0.497 e. The third-order valence-corrected chi connectivity index (χ3v) is 4.88. The zero-order valence-electron chi connectivity index (χ0n) is 15.4. The van der Waals surface area contributed by atoms with Crippen LogP contribution in [0.4, 0.5) is 0 Å². The van der Waals surface area contributed by atoms with Crippen LogP contribution in [-0.4, -0.2) is 23.8 Å². The van der Waals surface area contributed by atoms with Crippen LogP contribution in [-0.2, 0) is 6.54 Å². The van der Waals surface area contributed by atoms with E-state index in [1.54, 1.807) is 32.7 Å². The predicted octanol–water partition coefficient (Wildman–Crippen LogP) is 4.94. The molecule has 2 aromatic carbocycles. The lowest BCUT2D eigenvalue weighted by Gasteiger charge is -2.16. The van der Waals surface area contributed by atoms with Crippen molar-refractivity contribution in [3.05, 3.63) is 64.0 Å². The van der Waals surface area contributed by atoms with E-state index in [1.807, 2.05) is 35.8 Å². The first-order valence-electron chi connectivity index (χ1n) is 8.41. The van der Waals surface area contributed by atoms with Crippen molar-refractivity contribution in [2.24, 2.45) is 5.73 Å². The van der Waals surface area contributed by atoms with Gasteiger partial charge in [-0.1, -0.05) is 23.2 Å². The lowest BCUT2D eigenvalue weighted by Crippen LogP contribution is -2.14. The summed E-state index contributed by atoms with van der Waals surface area (Å²) in [5.74, 6) is 1.48. The highest BCUT2D eigenvalue weighted by atomic mass is 35.5. The van der Waals surface area contributed by atoms with Crippen molar-refractivity contribution in [1.29, 1.82) is 0 Å². The van der Waals surface area contributed by atoms with Gasteiger partial charge in [-0.3, -0.25) is 0 Å². The molecule has 0 aliphatic carbocycles. The fourth-order valence-electron chi connectivity index (χ4n) is 3.05. The van der Waals surface area contributed by atoms with Gasteiger partial charge in [-0.15, -0.1) is 0 Å². The number of nitrogens with zero attached hydrogens (tertiary/aromatic N) is 2. The number of aromatic nitrogens is 2. The molecular formula is C20H21Cl2N3O2. The quantitative estimate of drug-likeness (QED) is 0.630. The van der Waals surface area contributed by atoms with Crippen molar-refractivity contribution in [1.82, 2.24) is 9.55 Å². The van der Waals surface area contributed by atoms with Crippen LogP contribution < -0.4 is 15.2 Å². The number of halogens is 2. The van der Waals surface area contributed by atoms with Crippen molar-refractivity contribution in [2.45, 2.75) is 19.5 Å². The van der Waals surface area contributed by atoms with E-state index in [1.165, 1.54) is 0 Å². The van der Waals surface area contributed by atoms with Gasteiger partial charge in [-0.25, -0.2) is 4.98 Å². The van der Waals surface area contributed by atoms with E-state index >= 15 is 0 Å². The lowest BCUT2D eigenvalue weighted by molar-refractivity contribution is 0.390. The highest BCUT2D eigenvalue weighted by Gasteiger charge is 2.19. The zero-order chi connectivity index (χ0) is 19.6. The number of hydrogen-bond donors (Lipinski definition) is 1. The summed E-state index contributed by atoms with van der Waals surface area (Å²) in [4.78, 5) is 4.57. The van der Waals surface area contributed by atoms with E-state index in [0.29, 0.717) is 16.6 Å². The predicted molar refractivity (Wildman–Crippen MR) is 109 cm³/mol. The van der Waals surface area contributed by atoms with E-state index in [9.17, 15) is 0 Å². The first-order valence-corrected chi connectivity index (χ1v) is 9.17. The van der Waals surface area contributed by atoms with Crippen LogP contribution in [0.2, 0.25) is 10.0 Å². The van der Waals surface area contributed by atoms with Gasteiger partial charge < -0.3 is 19.8 Å². The zero-order valence-corrected chi connectivity index (χ0v) is 16.9. The van der Waals surface area contributed by atoms with Crippen LogP contribution in [0.5, 0.6) is 11.5 Å². The smallest absolute Gasteiger partial charge is 0.127 e. The molecule has 0 spiro atoms. The molecule has 7 heteroatoms. The molecule has 0 fully saturated rings. The molecule has 0 saturated carbocycles. The molecule has 0 amide bonds. The Hall–Kier alpha value is -2.21. The lowest BCUT2D eigenvalue weighted by atomic mass is 10.1. The SMILES string of the molecule is COc1ccc(Cn2cnc(-c3ccc(Cl)cc3Cl)c2C(C)N)c(OC)c1. The van der Waals surface area contributed by atoms with Crippen LogP contribution in [0.25, 0.3) is 11.3 Å². The van der Waals surface area contributed by atoms with Gasteiger partial charge in [-0.2, -0.15) is 0 Å². The normalized spacial score (nSPS) is 12.1.